The van der Waals surface area contributed by atoms with E-state index in [1.807, 2.05) is 6.07 Å². The van der Waals surface area contributed by atoms with Crippen LogP contribution in [0.3, 0.4) is 0 Å². The summed E-state index contributed by atoms with van der Waals surface area (Å²) in [7, 11) is -1.85. The molecule has 0 unspecified atom stereocenters. The molecular formula is C21H29N3O4SSi. The van der Waals surface area contributed by atoms with Crippen molar-refractivity contribution in [2.24, 2.45) is 0 Å². The molecule has 7 nitrogen and oxygen atoms in total. The third kappa shape index (κ3) is 5.40. The molecule has 0 saturated carbocycles. The molecule has 2 aromatic rings. The molecule has 0 bridgehead atoms. The van der Waals surface area contributed by atoms with Crippen molar-refractivity contribution in [1.29, 1.82) is 0 Å². The first-order chi connectivity index (χ1) is 14.1. The number of hydrogen-bond donors (Lipinski definition) is 1. The van der Waals surface area contributed by atoms with Crippen molar-refractivity contribution in [2.45, 2.75) is 49.7 Å². The lowest BCUT2D eigenvalue weighted by Crippen LogP contribution is -2.42. The van der Waals surface area contributed by atoms with Gasteiger partial charge >= 0.3 is 5.69 Å². The van der Waals surface area contributed by atoms with Crippen LogP contribution < -0.4 is 11.0 Å². The SMILES string of the molecule is CC(C)(C)[Si](C)(C)OC[C@H]1OC[C@@H](n2ccc(NC(=O)c3ccccc3)nc2=O)S1. The Morgan fingerprint density at radius 2 is 2.00 bits per heavy atom. The lowest BCUT2D eigenvalue weighted by molar-refractivity contribution is 0.0835. The summed E-state index contributed by atoms with van der Waals surface area (Å²) < 4.78 is 13.6. The topological polar surface area (TPSA) is 82.4 Å². The first-order valence-corrected chi connectivity index (χ1v) is 13.8. The van der Waals surface area contributed by atoms with Gasteiger partial charge in [0.25, 0.3) is 5.91 Å². The van der Waals surface area contributed by atoms with Gasteiger partial charge in [0.05, 0.1) is 13.2 Å². The fourth-order valence-corrected chi connectivity index (χ4v) is 4.87. The Labute approximate surface area is 182 Å². The van der Waals surface area contributed by atoms with Crippen molar-refractivity contribution in [3.63, 3.8) is 0 Å². The second kappa shape index (κ2) is 9.05. The van der Waals surface area contributed by atoms with Gasteiger partial charge in [-0.1, -0.05) is 39.0 Å². The minimum absolute atomic E-state index is 0.117. The predicted molar refractivity (Wildman–Crippen MR) is 122 cm³/mol. The highest BCUT2D eigenvalue weighted by atomic mass is 32.2. The number of benzene rings is 1. The molecule has 1 saturated heterocycles. The lowest BCUT2D eigenvalue weighted by atomic mass is 10.2. The molecule has 1 fully saturated rings. The third-order valence-electron chi connectivity index (χ3n) is 5.54. The number of hydrogen-bond acceptors (Lipinski definition) is 6. The highest BCUT2D eigenvalue weighted by molar-refractivity contribution is 8.00. The minimum Gasteiger partial charge on any atom is -0.413 e. The van der Waals surface area contributed by atoms with Crippen molar-refractivity contribution < 1.29 is 14.0 Å². The van der Waals surface area contributed by atoms with Crippen LogP contribution in [0.1, 0.15) is 36.5 Å². The second-order valence-electron chi connectivity index (χ2n) is 8.75. The molecular weight excluding hydrogens is 418 g/mol. The molecule has 0 radical (unpaired) electrons. The van der Waals surface area contributed by atoms with Crippen LogP contribution >= 0.6 is 11.8 Å². The quantitative estimate of drug-likeness (QED) is 0.671. The van der Waals surface area contributed by atoms with Gasteiger partial charge in [-0.15, -0.1) is 11.8 Å². The van der Waals surface area contributed by atoms with E-state index < -0.39 is 14.0 Å². The maximum Gasteiger partial charge on any atom is 0.350 e. The summed E-state index contributed by atoms with van der Waals surface area (Å²) in [6.07, 6.45) is 1.65. The lowest BCUT2D eigenvalue weighted by Gasteiger charge is -2.36. The average Bonchev–Trinajstić information content (AvgIpc) is 3.15. The molecule has 9 heteroatoms. The zero-order valence-electron chi connectivity index (χ0n) is 18.0. The summed E-state index contributed by atoms with van der Waals surface area (Å²) in [4.78, 5) is 28.8. The first kappa shape index (κ1) is 22.7. The van der Waals surface area contributed by atoms with E-state index in [9.17, 15) is 9.59 Å². The van der Waals surface area contributed by atoms with Crippen molar-refractivity contribution >= 4 is 31.8 Å². The van der Waals surface area contributed by atoms with Crippen LogP contribution in [0.4, 0.5) is 5.82 Å². The van der Waals surface area contributed by atoms with Gasteiger partial charge in [-0.3, -0.25) is 9.36 Å². The predicted octanol–water partition coefficient (Wildman–Crippen LogP) is 4.11. The average molecular weight is 448 g/mol. The summed E-state index contributed by atoms with van der Waals surface area (Å²) in [5, 5.41) is 2.63. The molecule has 162 valence electrons. The van der Waals surface area contributed by atoms with Gasteiger partial charge in [0.15, 0.2) is 8.32 Å². The van der Waals surface area contributed by atoms with Gasteiger partial charge in [0.2, 0.25) is 0 Å². The molecule has 1 N–H and O–H groups in total. The fourth-order valence-electron chi connectivity index (χ4n) is 2.65. The summed E-state index contributed by atoms with van der Waals surface area (Å²) in [6, 6.07) is 10.4. The van der Waals surface area contributed by atoms with Crippen molar-refractivity contribution in [3.05, 3.63) is 58.6 Å². The number of nitrogens with zero attached hydrogens (tertiary/aromatic N) is 2. The molecule has 1 aromatic carbocycles. The third-order valence-corrected chi connectivity index (χ3v) is 11.3. The fraction of sp³-hybridized carbons (Fsp3) is 0.476. The Bertz CT molecular complexity index is 943. The van der Waals surface area contributed by atoms with Gasteiger partial charge in [-0.2, -0.15) is 4.98 Å². The van der Waals surface area contributed by atoms with Gasteiger partial charge in [0, 0.05) is 11.8 Å². The Balaban J connectivity index is 1.60. The van der Waals surface area contributed by atoms with E-state index in [4.69, 9.17) is 9.16 Å². The Morgan fingerprint density at radius 1 is 1.30 bits per heavy atom. The van der Waals surface area contributed by atoms with Crippen LogP contribution in [-0.2, 0) is 9.16 Å². The van der Waals surface area contributed by atoms with Crippen LogP contribution in [-0.4, -0.2) is 42.4 Å². The summed E-state index contributed by atoms with van der Waals surface area (Å²) in [5.41, 5.74) is -0.0331. The number of nitrogens with one attached hydrogen (secondary N) is 1. The van der Waals surface area contributed by atoms with E-state index in [0.29, 0.717) is 18.8 Å². The number of carbonyl (C=O) groups excluding carboxylic acids is 1. The Morgan fingerprint density at radius 3 is 2.63 bits per heavy atom. The molecule has 1 amide bonds. The smallest absolute Gasteiger partial charge is 0.350 e. The number of thioether (sulfide) groups is 1. The number of amides is 1. The minimum atomic E-state index is -1.85. The van der Waals surface area contributed by atoms with E-state index in [2.05, 4.69) is 44.2 Å². The molecule has 0 aliphatic carbocycles. The van der Waals surface area contributed by atoms with E-state index in [-0.39, 0.29) is 27.6 Å². The number of anilines is 1. The van der Waals surface area contributed by atoms with Crippen molar-refractivity contribution in [1.82, 2.24) is 9.55 Å². The van der Waals surface area contributed by atoms with Crippen molar-refractivity contribution in [3.8, 4) is 0 Å². The maximum absolute atomic E-state index is 12.5. The molecule has 1 aliphatic rings. The van der Waals surface area contributed by atoms with Crippen LogP contribution in [0.25, 0.3) is 0 Å². The Hall–Kier alpha value is -1.94. The van der Waals surface area contributed by atoms with E-state index in [1.54, 1.807) is 48.3 Å². The Kier molecular flexibility index (Phi) is 6.86. The molecule has 1 aliphatic heterocycles. The summed E-state index contributed by atoms with van der Waals surface area (Å²) in [6.45, 7) is 11.9. The van der Waals surface area contributed by atoms with E-state index in [0.717, 1.165) is 0 Å². The standard InChI is InChI=1S/C21H29N3O4SSi/c1-21(2,3)30(4,5)28-14-18-27-13-17(29-18)24-12-11-16(23-20(24)26)22-19(25)15-9-7-6-8-10-15/h6-12,17-18H,13-14H2,1-5H3,(H,22,23,25,26)/t17-,18-/m0/s1. The van der Waals surface area contributed by atoms with Gasteiger partial charge < -0.3 is 14.5 Å². The summed E-state index contributed by atoms with van der Waals surface area (Å²) >= 11 is 1.56. The molecule has 1 aromatic heterocycles. The normalized spacial score (nSPS) is 19.6. The summed E-state index contributed by atoms with van der Waals surface area (Å²) in [5.74, 6) is -0.0755. The van der Waals surface area contributed by atoms with Crippen LogP contribution in [0.5, 0.6) is 0 Å². The van der Waals surface area contributed by atoms with Gasteiger partial charge in [-0.05, 0) is 36.3 Å². The van der Waals surface area contributed by atoms with Gasteiger partial charge in [-0.25, -0.2) is 4.79 Å². The van der Waals surface area contributed by atoms with Crippen LogP contribution in [0, 0.1) is 0 Å². The second-order valence-corrected chi connectivity index (χ2v) is 14.9. The first-order valence-electron chi connectivity index (χ1n) is 9.93. The number of carbonyl (C=O) groups is 1. The number of rotatable bonds is 6. The van der Waals surface area contributed by atoms with E-state index in [1.165, 1.54) is 4.57 Å². The highest BCUT2D eigenvalue weighted by Crippen LogP contribution is 2.39. The molecule has 2 heterocycles. The number of ether oxygens (including phenoxy) is 1. The maximum atomic E-state index is 12.5. The molecule has 3 rings (SSSR count). The zero-order valence-corrected chi connectivity index (χ0v) is 19.9. The largest absolute Gasteiger partial charge is 0.413 e. The van der Waals surface area contributed by atoms with E-state index >= 15 is 0 Å². The van der Waals surface area contributed by atoms with Crippen LogP contribution in [0.2, 0.25) is 18.1 Å². The number of aromatic nitrogens is 2. The molecule has 0 spiro atoms. The van der Waals surface area contributed by atoms with Gasteiger partial charge in [0.1, 0.15) is 16.6 Å². The molecule has 2 atom stereocenters. The highest BCUT2D eigenvalue weighted by Gasteiger charge is 2.39. The van der Waals surface area contributed by atoms with Crippen molar-refractivity contribution in [2.75, 3.05) is 18.5 Å². The van der Waals surface area contributed by atoms with Crippen LogP contribution in [0.15, 0.2) is 47.4 Å². The zero-order chi connectivity index (χ0) is 21.9. The monoisotopic (exact) mass is 447 g/mol. The molecule has 30 heavy (non-hydrogen) atoms.